The van der Waals surface area contributed by atoms with Gasteiger partial charge in [-0.3, -0.25) is 8.37 Å². The van der Waals surface area contributed by atoms with Gasteiger partial charge in [-0.25, -0.2) is 0 Å². The van der Waals surface area contributed by atoms with Gasteiger partial charge in [0.1, 0.15) is 11.9 Å². The van der Waals surface area contributed by atoms with E-state index in [9.17, 15) is 9.32 Å². The van der Waals surface area contributed by atoms with Gasteiger partial charge in [-0.05, 0) is 23.3 Å². The Labute approximate surface area is 120 Å². The van der Waals surface area contributed by atoms with Crippen molar-refractivity contribution in [2.75, 3.05) is 7.11 Å². The first-order chi connectivity index (χ1) is 9.69. The first kappa shape index (κ1) is 14.7. The molecular formula is C15H16O4S. The van der Waals surface area contributed by atoms with Crippen molar-refractivity contribution < 1.29 is 17.7 Å². The molecular weight excluding hydrogens is 276 g/mol. The van der Waals surface area contributed by atoms with Crippen molar-refractivity contribution in [2.24, 2.45) is 0 Å². The number of phenolic OH excluding ortho intramolecular Hbond substituents is 1. The summed E-state index contributed by atoms with van der Waals surface area (Å²) in [6.07, 6.45) is 0.167. The van der Waals surface area contributed by atoms with Crippen LogP contribution in [0.25, 0.3) is 0 Å². The quantitative estimate of drug-likeness (QED) is 0.889. The zero-order chi connectivity index (χ0) is 14.4. The summed E-state index contributed by atoms with van der Waals surface area (Å²) in [5.74, 6) is 0.214. The van der Waals surface area contributed by atoms with Crippen molar-refractivity contribution in [1.29, 1.82) is 0 Å². The Balaban J connectivity index is 2.18. The van der Waals surface area contributed by atoms with Gasteiger partial charge in [-0.1, -0.05) is 42.5 Å². The topological polar surface area (TPSA) is 55.8 Å². The molecule has 0 spiro atoms. The molecule has 0 aliphatic carbocycles. The summed E-state index contributed by atoms with van der Waals surface area (Å²) in [7, 11) is 1.33. The van der Waals surface area contributed by atoms with Gasteiger partial charge in [0.25, 0.3) is 0 Å². The van der Waals surface area contributed by atoms with Gasteiger partial charge in [0.05, 0.1) is 7.11 Å². The van der Waals surface area contributed by atoms with Crippen LogP contribution in [0.5, 0.6) is 5.75 Å². The Morgan fingerprint density at radius 3 is 2.35 bits per heavy atom. The molecule has 0 saturated carbocycles. The molecule has 0 amide bonds. The van der Waals surface area contributed by atoms with E-state index in [1.165, 1.54) is 7.11 Å². The second-order valence-corrected chi connectivity index (χ2v) is 5.17. The molecule has 0 fully saturated rings. The van der Waals surface area contributed by atoms with Crippen LogP contribution in [0, 0.1) is 0 Å². The van der Waals surface area contributed by atoms with Crippen LogP contribution in [-0.4, -0.2) is 16.4 Å². The van der Waals surface area contributed by atoms with E-state index in [2.05, 4.69) is 4.18 Å². The van der Waals surface area contributed by atoms with Crippen molar-refractivity contribution in [2.45, 2.75) is 12.5 Å². The molecule has 0 aliphatic heterocycles. The first-order valence-corrected chi connectivity index (χ1v) is 7.15. The minimum Gasteiger partial charge on any atom is -0.508 e. The summed E-state index contributed by atoms with van der Waals surface area (Å²) in [5.41, 5.74) is 1.90. The number of phenols is 1. The smallest absolute Gasteiger partial charge is 0.304 e. The van der Waals surface area contributed by atoms with E-state index in [0.29, 0.717) is 6.42 Å². The molecule has 0 saturated heterocycles. The second-order valence-electron chi connectivity index (χ2n) is 4.24. The van der Waals surface area contributed by atoms with E-state index < -0.39 is 11.4 Å². The highest BCUT2D eigenvalue weighted by molar-refractivity contribution is 7.75. The highest BCUT2D eigenvalue weighted by Gasteiger charge is 2.16. The van der Waals surface area contributed by atoms with Crippen molar-refractivity contribution in [1.82, 2.24) is 0 Å². The van der Waals surface area contributed by atoms with E-state index in [1.807, 2.05) is 42.5 Å². The van der Waals surface area contributed by atoms with Crippen LogP contribution in [0.1, 0.15) is 17.2 Å². The number of hydrogen-bond acceptors (Lipinski definition) is 4. The molecule has 2 aromatic rings. The monoisotopic (exact) mass is 292 g/mol. The van der Waals surface area contributed by atoms with E-state index >= 15 is 0 Å². The molecule has 0 heterocycles. The molecule has 0 aliphatic rings. The molecule has 0 radical (unpaired) electrons. The van der Waals surface area contributed by atoms with Gasteiger partial charge in [0.15, 0.2) is 0 Å². The van der Waals surface area contributed by atoms with Gasteiger partial charge in [0, 0.05) is 6.42 Å². The van der Waals surface area contributed by atoms with Crippen LogP contribution in [0.15, 0.2) is 54.6 Å². The highest BCUT2D eigenvalue weighted by atomic mass is 32.2. The first-order valence-electron chi connectivity index (χ1n) is 6.15. The summed E-state index contributed by atoms with van der Waals surface area (Å²) >= 11 is -1.78. The molecule has 5 heteroatoms. The molecule has 1 N–H and O–H groups in total. The Morgan fingerprint density at radius 1 is 1.10 bits per heavy atom. The lowest BCUT2D eigenvalue weighted by Crippen LogP contribution is -2.10. The third kappa shape index (κ3) is 4.16. The fraction of sp³-hybridized carbons (Fsp3) is 0.200. The zero-order valence-corrected chi connectivity index (χ0v) is 11.9. The molecule has 2 unspecified atom stereocenters. The molecule has 2 aromatic carbocycles. The molecule has 106 valence electrons. The lowest BCUT2D eigenvalue weighted by atomic mass is 10.0. The lowest BCUT2D eigenvalue weighted by molar-refractivity contribution is 0.197. The van der Waals surface area contributed by atoms with Gasteiger partial charge < -0.3 is 5.11 Å². The van der Waals surface area contributed by atoms with Crippen molar-refractivity contribution >= 4 is 11.4 Å². The van der Waals surface area contributed by atoms with Gasteiger partial charge in [-0.2, -0.15) is 4.21 Å². The molecule has 2 atom stereocenters. The minimum absolute atomic E-state index is 0.214. The van der Waals surface area contributed by atoms with Crippen molar-refractivity contribution in [3.05, 3.63) is 65.7 Å². The predicted molar refractivity (Wildman–Crippen MR) is 77.2 cm³/mol. The van der Waals surface area contributed by atoms with Crippen molar-refractivity contribution in [3.8, 4) is 5.75 Å². The van der Waals surface area contributed by atoms with Gasteiger partial charge in [-0.15, -0.1) is 0 Å². The average Bonchev–Trinajstić information content (AvgIpc) is 2.49. The fourth-order valence-electron chi connectivity index (χ4n) is 1.86. The van der Waals surface area contributed by atoms with E-state index in [1.54, 1.807) is 12.1 Å². The van der Waals surface area contributed by atoms with Crippen LogP contribution >= 0.6 is 0 Å². The van der Waals surface area contributed by atoms with E-state index in [4.69, 9.17) is 4.18 Å². The second kappa shape index (κ2) is 7.19. The van der Waals surface area contributed by atoms with Gasteiger partial charge in [0.2, 0.25) is 0 Å². The molecule has 0 bridgehead atoms. The fourth-order valence-corrected chi connectivity index (χ4v) is 2.30. The maximum Gasteiger partial charge on any atom is 0.304 e. The van der Waals surface area contributed by atoms with Crippen molar-refractivity contribution in [3.63, 3.8) is 0 Å². The molecule has 0 aromatic heterocycles. The summed E-state index contributed by atoms with van der Waals surface area (Å²) in [6.45, 7) is 0. The standard InChI is InChI=1S/C15H16O4S/c1-18-20(17)19-15(13-5-3-2-4-6-13)11-12-7-9-14(16)10-8-12/h2-10,15-16H,11H2,1H3. The number of benzene rings is 2. The summed E-state index contributed by atoms with van der Waals surface area (Å²) in [6, 6.07) is 16.4. The Kier molecular flexibility index (Phi) is 5.29. The van der Waals surface area contributed by atoms with E-state index in [0.717, 1.165) is 11.1 Å². The zero-order valence-electron chi connectivity index (χ0n) is 11.1. The SMILES string of the molecule is COS(=O)OC(Cc1ccc(O)cc1)c1ccccc1. The maximum atomic E-state index is 11.5. The minimum atomic E-state index is -1.78. The number of rotatable bonds is 6. The summed E-state index contributed by atoms with van der Waals surface area (Å²) in [4.78, 5) is 0. The largest absolute Gasteiger partial charge is 0.508 e. The Morgan fingerprint density at radius 2 is 1.75 bits per heavy atom. The molecule has 2 rings (SSSR count). The normalized spacial score (nSPS) is 13.8. The predicted octanol–water partition coefficient (Wildman–Crippen LogP) is 2.92. The highest BCUT2D eigenvalue weighted by Crippen LogP contribution is 2.24. The number of aromatic hydroxyl groups is 1. The van der Waals surface area contributed by atoms with Crippen LogP contribution in [0.2, 0.25) is 0 Å². The third-order valence-corrected chi connectivity index (χ3v) is 3.52. The summed E-state index contributed by atoms with van der Waals surface area (Å²) < 4.78 is 21.5. The number of hydrogen-bond donors (Lipinski definition) is 1. The van der Waals surface area contributed by atoms with Crippen LogP contribution in [0.4, 0.5) is 0 Å². The Hall–Kier alpha value is -1.69. The Bertz CT molecular complexity index is 554. The van der Waals surface area contributed by atoms with Crippen LogP contribution in [-0.2, 0) is 26.1 Å². The summed E-state index contributed by atoms with van der Waals surface area (Å²) in [5, 5.41) is 9.29. The van der Waals surface area contributed by atoms with Gasteiger partial charge >= 0.3 is 11.4 Å². The van der Waals surface area contributed by atoms with Crippen LogP contribution in [0.3, 0.4) is 0 Å². The maximum absolute atomic E-state index is 11.5. The van der Waals surface area contributed by atoms with Crippen LogP contribution < -0.4 is 0 Å². The third-order valence-electron chi connectivity index (χ3n) is 2.86. The van der Waals surface area contributed by atoms with E-state index in [-0.39, 0.29) is 11.9 Å². The lowest BCUT2D eigenvalue weighted by Gasteiger charge is -2.16. The molecule has 4 nitrogen and oxygen atoms in total. The molecule has 20 heavy (non-hydrogen) atoms. The average molecular weight is 292 g/mol.